The molecule has 0 radical (unpaired) electrons. The van der Waals surface area contributed by atoms with Crippen LogP contribution in [0.25, 0.3) is 0 Å². The number of hydrogen-bond acceptors (Lipinski definition) is 3. The lowest BCUT2D eigenvalue weighted by Gasteiger charge is -2.25. The molecule has 1 amide bonds. The molecule has 1 aromatic rings. The standard InChI is InChI=1S/C14H17NO4/c16-11-5-3-10(4-6-11)9-12(17)15-14(13(18)19)7-1-2-8-14/h3-6,16H,1-2,7-9H2,(H,15,17)(H,18,19). The van der Waals surface area contributed by atoms with Crippen LogP contribution in [0.15, 0.2) is 24.3 Å². The number of rotatable bonds is 4. The van der Waals surface area contributed by atoms with Gasteiger partial charge in [-0.1, -0.05) is 25.0 Å². The topological polar surface area (TPSA) is 86.6 Å². The van der Waals surface area contributed by atoms with Crippen molar-refractivity contribution < 1.29 is 19.8 Å². The van der Waals surface area contributed by atoms with Crippen molar-refractivity contribution in [1.29, 1.82) is 0 Å². The van der Waals surface area contributed by atoms with Gasteiger partial charge in [-0.2, -0.15) is 0 Å². The lowest BCUT2D eigenvalue weighted by atomic mass is 9.97. The predicted octanol–water partition coefficient (Wildman–Crippen LogP) is 1.45. The van der Waals surface area contributed by atoms with E-state index in [1.165, 1.54) is 12.1 Å². The first-order valence-electron chi connectivity index (χ1n) is 6.34. The molecule has 1 aliphatic carbocycles. The van der Waals surface area contributed by atoms with E-state index in [-0.39, 0.29) is 18.1 Å². The summed E-state index contributed by atoms with van der Waals surface area (Å²) in [7, 11) is 0. The Morgan fingerprint density at radius 3 is 2.26 bits per heavy atom. The van der Waals surface area contributed by atoms with Gasteiger partial charge in [0.1, 0.15) is 11.3 Å². The van der Waals surface area contributed by atoms with E-state index in [0.717, 1.165) is 18.4 Å². The fraction of sp³-hybridized carbons (Fsp3) is 0.429. The molecule has 102 valence electrons. The third-order valence-corrected chi connectivity index (χ3v) is 3.55. The fourth-order valence-corrected chi connectivity index (χ4v) is 2.48. The van der Waals surface area contributed by atoms with E-state index in [9.17, 15) is 14.7 Å². The van der Waals surface area contributed by atoms with Gasteiger partial charge in [0, 0.05) is 0 Å². The summed E-state index contributed by atoms with van der Waals surface area (Å²) in [6.45, 7) is 0. The zero-order valence-corrected chi connectivity index (χ0v) is 10.6. The summed E-state index contributed by atoms with van der Waals surface area (Å²) < 4.78 is 0. The Kier molecular flexibility index (Phi) is 3.74. The van der Waals surface area contributed by atoms with Crippen LogP contribution in [0, 0.1) is 0 Å². The van der Waals surface area contributed by atoms with Crippen LogP contribution >= 0.6 is 0 Å². The van der Waals surface area contributed by atoms with Crippen molar-refractivity contribution in [2.75, 3.05) is 0 Å². The van der Waals surface area contributed by atoms with Crippen molar-refractivity contribution in [1.82, 2.24) is 5.32 Å². The Bertz CT molecular complexity index is 475. The van der Waals surface area contributed by atoms with E-state index in [2.05, 4.69) is 5.32 Å². The number of carboxylic acid groups (broad SMARTS) is 1. The molecular formula is C14H17NO4. The second-order valence-electron chi connectivity index (χ2n) is 4.99. The van der Waals surface area contributed by atoms with Crippen LogP contribution in [-0.4, -0.2) is 27.6 Å². The van der Waals surface area contributed by atoms with Crippen LogP contribution in [0.4, 0.5) is 0 Å². The van der Waals surface area contributed by atoms with Gasteiger partial charge in [0.2, 0.25) is 5.91 Å². The number of carbonyl (C=O) groups excluding carboxylic acids is 1. The molecule has 0 spiro atoms. The molecule has 1 aromatic carbocycles. The highest BCUT2D eigenvalue weighted by molar-refractivity contribution is 5.88. The summed E-state index contributed by atoms with van der Waals surface area (Å²) >= 11 is 0. The molecule has 1 fully saturated rings. The van der Waals surface area contributed by atoms with Gasteiger partial charge in [0.15, 0.2) is 0 Å². The summed E-state index contributed by atoms with van der Waals surface area (Å²) in [5.74, 6) is -1.11. The number of hydrogen-bond donors (Lipinski definition) is 3. The van der Waals surface area contributed by atoms with Crippen LogP contribution < -0.4 is 5.32 Å². The van der Waals surface area contributed by atoms with Gasteiger partial charge in [-0.05, 0) is 30.5 Å². The summed E-state index contributed by atoms with van der Waals surface area (Å²) in [6, 6.07) is 6.31. The molecule has 0 aromatic heterocycles. The van der Waals surface area contributed by atoms with Gasteiger partial charge in [0.05, 0.1) is 6.42 Å². The summed E-state index contributed by atoms with van der Waals surface area (Å²) in [5.41, 5.74) is -0.345. The predicted molar refractivity (Wildman–Crippen MR) is 68.8 cm³/mol. The van der Waals surface area contributed by atoms with Crippen molar-refractivity contribution in [3.63, 3.8) is 0 Å². The van der Waals surface area contributed by atoms with Crippen LogP contribution in [0.5, 0.6) is 5.75 Å². The molecule has 0 bridgehead atoms. The number of aromatic hydroxyl groups is 1. The van der Waals surface area contributed by atoms with Crippen LogP contribution in [0.3, 0.4) is 0 Å². The van der Waals surface area contributed by atoms with Gasteiger partial charge in [0.25, 0.3) is 0 Å². The number of amides is 1. The number of phenolic OH excluding ortho intramolecular Hbond substituents is 1. The molecule has 0 heterocycles. The van der Waals surface area contributed by atoms with E-state index < -0.39 is 11.5 Å². The van der Waals surface area contributed by atoms with Crippen molar-refractivity contribution in [2.24, 2.45) is 0 Å². The van der Waals surface area contributed by atoms with E-state index in [4.69, 9.17) is 5.11 Å². The van der Waals surface area contributed by atoms with Gasteiger partial charge >= 0.3 is 5.97 Å². The fourth-order valence-electron chi connectivity index (χ4n) is 2.48. The molecule has 1 aliphatic rings. The maximum absolute atomic E-state index is 11.9. The van der Waals surface area contributed by atoms with E-state index in [1.54, 1.807) is 12.1 Å². The zero-order valence-electron chi connectivity index (χ0n) is 10.6. The molecule has 5 heteroatoms. The first-order valence-corrected chi connectivity index (χ1v) is 6.34. The summed E-state index contributed by atoms with van der Waals surface area (Å²) in [5, 5.41) is 21.1. The third-order valence-electron chi connectivity index (χ3n) is 3.55. The Morgan fingerprint density at radius 2 is 1.74 bits per heavy atom. The molecule has 19 heavy (non-hydrogen) atoms. The van der Waals surface area contributed by atoms with Gasteiger partial charge in [-0.15, -0.1) is 0 Å². The summed E-state index contributed by atoms with van der Waals surface area (Å²) in [6.07, 6.45) is 2.75. The van der Waals surface area contributed by atoms with Crippen molar-refractivity contribution in [2.45, 2.75) is 37.6 Å². The number of carboxylic acids is 1. The molecule has 0 atom stereocenters. The van der Waals surface area contributed by atoms with Crippen molar-refractivity contribution in [3.8, 4) is 5.75 Å². The maximum atomic E-state index is 11.9. The van der Waals surface area contributed by atoms with Crippen molar-refractivity contribution in [3.05, 3.63) is 29.8 Å². The lowest BCUT2D eigenvalue weighted by Crippen LogP contribution is -2.52. The molecule has 3 N–H and O–H groups in total. The van der Waals surface area contributed by atoms with Crippen LogP contribution in [0.1, 0.15) is 31.2 Å². The summed E-state index contributed by atoms with van der Waals surface area (Å²) in [4.78, 5) is 23.2. The minimum absolute atomic E-state index is 0.120. The number of aliphatic carboxylic acids is 1. The molecule has 2 rings (SSSR count). The Hall–Kier alpha value is -2.04. The average Bonchev–Trinajstić information content (AvgIpc) is 2.82. The van der Waals surface area contributed by atoms with E-state index in [1.807, 2.05) is 0 Å². The molecular weight excluding hydrogens is 246 g/mol. The Balaban J connectivity index is 2.00. The monoisotopic (exact) mass is 263 g/mol. The second kappa shape index (κ2) is 5.30. The highest BCUT2D eigenvalue weighted by atomic mass is 16.4. The molecule has 1 saturated carbocycles. The number of nitrogens with one attached hydrogen (secondary N) is 1. The highest BCUT2D eigenvalue weighted by Crippen LogP contribution is 2.30. The highest BCUT2D eigenvalue weighted by Gasteiger charge is 2.42. The number of carbonyl (C=O) groups is 2. The smallest absolute Gasteiger partial charge is 0.329 e. The average molecular weight is 263 g/mol. The Morgan fingerprint density at radius 1 is 1.16 bits per heavy atom. The quantitative estimate of drug-likeness (QED) is 0.767. The van der Waals surface area contributed by atoms with Gasteiger partial charge in [-0.3, -0.25) is 4.79 Å². The molecule has 5 nitrogen and oxygen atoms in total. The molecule has 0 aliphatic heterocycles. The first-order chi connectivity index (χ1) is 9.02. The second-order valence-corrected chi connectivity index (χ2v) is 4.99. The third kappa shape index (κ3) is 3.05. The van der Waals surface area contributed by atoms with E-state index >= 15 is 0 Å². The first kappa shape index (κ1) is 13.4. The minimum atomic E-state index is -1.09. The normalized spacial score (nSPS) is 17.1. The van der Waals surface area contributed by atoms with Crippen LogP contribution in [0.2, 0.25) is 0 Å². The number of benzene rings is 1. The van der Waals surface area contributed by atoms with Gasteiger partial charge < -0.3 is 15.5 Å². The van der Waals surface area contributed by atoms with Gasteiger partial charge in [-0.25, -0.2) is 4.79 Å². The van der Waals surface area contributed by atoms with Crippen molar-refractivity contribution >= 4 is 11.9 Å². The molecule has 0 unspecified atom stereocenters. The Labute approximate surface area is 111 Å². The minimum Gasteiger partial charge on any atom is -0.508 e. The largest absolute Gasteiger partial charge is 0.508 e. The SMILES string of the molecule is O=C(Cc1ccc(O)cc1)NC1(C(=O)O)CCCC1. The van der Waals surface area contributed by atoms with Crippen LogP contribution in [-0.2, 0) is 16.0 Å². The number of phenols is 1. The van der Waals surface area contributed by atoms with E-state index in [0.29, 0.717) is 12.8 Å². The zero-order chi connectivity index (χ0) is 13.9. The molecule has 0 saturated heterocycles. The lowest BCUT2D eigenvalue weighted by molar-refractivity contribution is -0.147. The maximum Gasteiger partial charge on any atom is 0.329 e.